The average molecular weight is 420 g/mol. The second-order valence-corrected chi connectivity index (χ2v) is 8.80. The average Bonchev–Trinajstić information content (AvgIpc) is 2.63. The van der Waals surface area contributed by atoms with E-state index in [0.29, 0.717) is 36.6 Å². The molecule has 2 aromatic rings. The lowest BCUT2D eigenvalue weighted by Gasteiger charge is -2.34. The van der Waals surface area contributed by atoms with Crippen LogP contribution in [0.15, 0.2) is 57.9 Å². The second-order valence-electron chi connectivity index (χ2n) is 5.95. The van der Waals surface area contributed by atoms with E-state index >= 15 is 0 Å². The minimum atomic E-state index is -3.45. The van der Waals surface area contributed by atoms with Gasteiger partial charge in [0, 0.05) is 37.2 Å². The molecular weight excluding hydrogens is 402 g/mol. The fourth-order valence-corrected chi connectivity index (χ4v) is 4.87. The predicted octanol–water partition coefficient (Wildman–Crippen LogP) is 2.83. The van der Waals surface area contributed by atoms with Gasteiger partial charge in [-0.1, -0.05) is 34.1 Å². The first-order chi connectivity index (χ1) is 12.0. The summed E-state index contributed by atoms with van der Waals surface area (Å²) in [6.07, 6.45) is 0. The normalized spacial score (nSPS) is 16.5. The summed E-state index contributed by atoms with van der Waals surface area (Å²) in [5, 5.41) is 8.84. The molecule has 1 heterocycles. The van der Waals surface area contributed by atoms with Gasteiger partial charge < -0.3 is 0 Å². The summed E-state index contributed by atoms with van der Waals surface area (Å²) in [7, 11) is -3.45. The van der Waals surface area contributed by atoms with Gasteiger partial charge in [0.05, 0.1) is 16.5 Å². The number of benzene rings is 2. The molecule has 7 heteroatoms. The molecule has 0 N–H and O–H groups in total. The first-order valence-electron chi connectivity index (χ1n) is 7.96. The smallest absolute Gasteiger partial charge is 0.243 e. The summed E-state index contributed by atoms with van der Waals surface area (Å²) < 4.78 is 27.8. The van der Waals surface area contributed by atoms with Crippen molar-refractivity contribution in [2.24, 2.45) is 0 Å². The Morgan fingerprint density at radius 3 is 2.32 bits per heavy atom. The third-order valence-corrected chi connectivity index (χ3v) is 6.64. The number of nitriles is 1. The van der Waals surface area contributed by atoms with Crippen LogP contribution in [0.5, 0.6) is 0 Å². The maximum atomic E-state index is 12.7. The van der Waals surface area contributed by atoms with Gasteiger partial charge in [0.1, 0.15) is 0 Å². The highest BCUT2D eigenvalue weighted by atomic mass is 79.9. The van der Waals surface area contributed by atoms with Crippen LogP contribution in [0.4, 0.5) is 0 Å². The molecule has 130 valence electrons. The van der Waals surface area contributed by atoms with Gasteiger partial charge in [-0.15, -0.1) is 0 Å². The summed E-state index contributed by atoms with van der Waals surface area (Å²) in [5.74, 6) is 0. The van der Waals surface area contributed by atoms with E-state index in [1.54, 1.807) is 22.5 Å². The minimum Gasteiger partial charge on any atom is -0.296 e. The first-order valence-corrected chi connectivity index (χ1v) is 10.2. The Bertz CT molecular complexity index is 883. The van der Waals surface area contributed by atoms with Crippen molar-refractivity contribution in [1.82, 2.24) is 9.21 Å². The molecule has 0 aliphatic carbocycles. The van der Waals surface area contributed by atoms with Gasteiger partial charge in [-0.3, -0.25) is 4.90 Å². The standard InChI is InChI=1S/C18H18BrN3O2S/c19-17-2-1-3-18(12-17)25(23,24)22-10-8-21(9-11-22)14-16-6-4-15(13-20)5-7-16/h1-7,12H,8-11,14H2. The molecule has 0 saturated carbocycles. The van der Waals surface area contributed by atoms with Crippen molar-refractivity contribution in [1.29, 1.82) is 5.26 Å². The quantitative estimate of drug-likeness (QED) is 0.763. The monoisotopic (exact) mass is 419 g/mol. The number of nitrogens with zero attached hydrogens (tertiary/aromatic N) is 3. The molecule has 0 radical (unpaired) electrons. The van der Waals surface area contributed by atoms with Crippen LogP contribution in [-0.4, -0.2) is 43.8 Å². The third kappa shape index (κ3) is 4.28. The second kappa shape index (κ2) is 7.67. The van der Waals surface area contributed by atoms with E-state index in [1.807, 2.05) is 30.3 Å². The van der Waals surface area contributed by atoms with Gasteiger partial charge >= 0.3 is 0 Å². The van der Waals surface area contributed by atoms with Crippen LogP contribution >= 0.6 is 15.9 Å². The maximum absolute atomic E-state index is 12.7. The SMILES string of the molecule is N#Cc1ccc(CN2CCN(S(=O)(=O)c3cccc(Br)c3)CC2)cc1. The summed E-state index contributed by atoms with van der Waals surface area (Å²) in [6, 6.07) is 16.4. The topological polar surface area (TPSA) is 64.4 Å². The Balaban J connectivity index is 1.62. The molecule has 1 aliphatic rings. The molecular formula is C18H18BrN3O2S. The van der Waals surface area contributed by atoms with Crippen molar-refractivity contribution in [2.75, 3.05) is 26.2 Å². The molecule has 0 spiro atoms. The summed E-state index contributed by atoms with van der Waals surface area (Å²) in [4.78, 5) is 2.55. The van der Waals surface area contributed by atoms with Crippen molar-refractivity contribution in [3.8, 4) is 6.07 Å². The van der Waals surface area contributed by atoms with Crippen molar-refractivity contribution in [3.63, 3.8) is 0 Å². The molecule has 2 aromatic carbocycles. The molecule has 0 atom stereocenters. The van der Waals surface area contributed by atoms with Crippen molar-refractivity contribution < 1.29 is 8.42 Å². The molecule has 0 unspecified atom stereocenters. The highest BCUT2D eigenvalue weighted by Crippen LogP contribution is 2.21. The van der Waals surface area contributed by atoms with Crippen LogP contribution < -0.4 is 0 Å². The molecule has 1 fully saturated rings. The van der Waals surface area contributed by atoms with Crippen molar-refractivity contribution >= 4 is 26.0 Å². The van der Waals surface area contributed by atoms with E-state index < -0.39 is 10.0 Å². The number of sulfonamides is 1. The van der Waals surface area contributed by atoms with Gasteiger partial charge in [0.25, 0.3) is 0 Å². The highest BCUT2D eigenvalue weighted by molar-refractivity contribution is 9.10. The van der Waals surface area contributed by atoms with Crippen LogP contribution in [0, 0.1) is 11.3 Å². The lowest BCUT2D eigenvalue weighted by atomic mass is 10.1. The molecule has 0 amide bonds. The van der Waals surface area contributed by atoms with E-state index in [1.165, 1.54) is 0 Å². The Morgan fingerprint density at radius 2 is 1.72 bits per heavy atom. The predicted molar refractivity (Wildman–Crippen MR) is 99.3 cm³/mol. The van der Waals surface area contributed by atoms with Crippen molar-refractivity contribution in [3.05, 3.63) is 64.1 Å². The molecule has 5 nitrogen and oxygen atoms in total. The van der Waals surface area contributed by atoms with Crippen LogP contribution in [-0.2, 0) is 16.6 Å². The number of hydrogen-bond donors (Lipinski definition) is 0. The third-order valence-electron chi connectivity index (χ3n) is 4.25. The molecule has 0 bridgehead atoms. The van der Waals surface area contributed by atoms with E-state index in [4.69, 9.17) is 5.26 Å². The zero-order valence-corrected chi connectivity index (χ0v) is 16.0. The highest BCUT2D eigenvalue weighted by Gasteiger charge is 2.28. The Morgan fingerprint density at radius 1 is 1.04 bits per heavy atom. The fourth-order valence-electron chi connectivity index (χ4n) is 2.85. The largest absolute Gasteiger partial charge is 0.296 e. The zero-order chi connectivity index (χ0) is 17.9. The van der Waals surface area contributed by atoms with Gasteiger partial charge in [-0.05, 0) is 35.9 Å². The van der Waals surface area contributed by atoms with E-state index in [9.17, 15) is 8.42 Å². The Kier molecular flexibility index (Phi) is 5.54. The first kappa shape index (κ1) is 18.1. The van der Waals surface area contributed by atoms with Crippen LogP contribution in [0.25, 0.3) is 0 Å². The van der Waals surface area contributed by atoms with Gasteiger partial charge in [-0.25, -0.2) is 8.42 Å². The summed E-state index contributed by atoms with van der Waals surface area (Å²) >= 11 is 3.32. The van der Waals surface area contributed by atoms with Crippen LogP contribution in [0.1, 0.15) is 11.1 Å². The lowest BCUT2D eigenvalue weighted by Crippen LogP contribution is -2.48. The number of hydrogen-bond acceptors (Lipinski definition) is 4. The molecule has 1 saturated heterocycles. The fraction of sp³-hybridized carbons (Fsp3) is 0.278. The Labute approximate surface area is 156 Å². The van der Waals surface area contributed by atoms with Crippen LogP contribution in [0.2, 0.25) is 0 Å². The number of rotatable bonds is 4. The van der Waals surface area contributed by atoms with Crippen molar-refractivity contribution in [2.45, 2.75) is 11.4 Å². The molecule has 3 rings (SSSR count). The van der Waals surface area contributed by atoms with Gasteiger partial charge in [0.2, 0.25) is 10.0 Å². The molecule has 25 heavy (non-hydrogen) atoms. The summed E-state index contributed by atoms with van der Waals surface area (Å²) in [5.41, 5.74) is 1.77. The molecule has 1 aliphatic heterocycles. The van der Waals surface area contributed by atoms with E-state index in [0.717, 1.165) is 16.6 Å². The van der Waals surface area contributed by atoms with Gasteiger partial charge in [0.15, 0.2) is 0 Å². The van der Waals surface area contributed by atoms with Gasteiger partial charge in [-0.2, -0.15) is 9.57 Å². The van der Waals surface area contributed by atoms with E-state index in [2.05, 4.69) is 26.9 Å². The maximum Gasteiger partial charge on any atom is 0.243 e. The van der Waals surface area contributed by atoms with Crippen LogP contribution in [0.3, 0.4) is 0 Å². The molecule has 0 aromatic heterocycles. The lowest BCUT2D eigenvalue weighted by molar-refractivity contribution is 0.181. The number of halogens is 1. The minimum absolute atomic E-state index is 0.322. The zero-order valence-electron chi connectivity index (χ0n) is 13.6. The number of piperazine rings is 1. The Hall–Kier alpha value is -1.72. The van der Waals surface area contributed by atoms with E-state index in [-0.39, 0.29) is 0 Å². The summed E-state index contributed by atoms with van der Waals surface area (Å²) in [6.45, 7) is 3.09.